The lowest BCUT2D eigenvalue weighted by Gasteiger charge is -2.42. The van der Waals surface area contributed by atoms with Crippen molar-refractivity contribution >= 4 is 29.9 Å². The number of likely N-dealkylation sites (tertiary alicyclic amines) is 1. The molecule has 0 amide bonds. The molecule has 7 nitrogen and oxygen atoms in total. The third-order valence-corrected chi connectivity index (χ3v) is 4.81. The van der Waals surface area contributed by atoms with Gasteiger partial charge in [-0.15, -0.1) is 34.2 Å². The highest BCUT2D eigenvalue weighted by Crippen LogP contribution is 2.28. The van der Waals surface area contributed by atoms with Gasteiger partial charge in [0.25, 0.3) is 0 Å². The lowest BCUT2D eigenvalue weighted by molar-refractivity contribution is -0.0559. The van der Waals surface area contributed by atoms with Gasteiger partial charge >= 0.3 is 0 Å². The number of aromatic nitrogens is 3. The van der Waals surface area contributed by atoms with Crippen molar-refractivity contribution < 1.29 is 4.74 Å². The largest absolute Gasteiger partial charge is 0.378 e. The van der Waals surface area contributed by atoms with Gasteiger partial charge in [-0.1, -0.05) is 0 Å². The molecule has 130 valence electrons. The van der Waals surface area contributed by atoms with E-state index >= 15 is 0 Å². The molecule has 8 heteroatoms. The molecule has 0 bridgehead atoms. The number of nitrogens with one attached hydrogen (secondary N) is 1. The van der Waals surface area contributed by atoms with Crippen molar-refractivity contribution in [3.63, 3.8) is 0 Å². The Morgan fingerprint density at radius 3 is 2.91 bits per heavy atom. The van der Waals surface area contributed by atoms with Gasteiger partial charge in [-0.25, -0.2) is 0 Å². The Morgan fingerprint density at radius 1 is 1.39 bits per heavy atom. The van der Waals surface area contributed by atoms with Crippen LogP contribution in [0, 0.1) is 12.8 Å². The van der Waals surface area contributed by atoms with Crippen LogP contribution in [0.25, 0.3) is 0 Å². The highest BCUT2D eigenvalue weighted by atomic mass is 127. The van der Waals surface area contributed by atoms with Crippen LogP contribution in [0.15, 0.2) is 4.99 Å². The molecule has 0 aromatic carbocycles. The summed E-state index contributed by atoms with van der Waals surface area (Å²) in [5, 5.41) is 11.7. The number of hydrogen-bond donors (Lipinski definition) is 1. The van der Waals surface area contributed by atoms with Gasteiger partial charge in [0, 0.05) is 39.7 Å². The molecule has 1 aromatic rings. The smallest absolute Gasteiger partial charge is 0.194 e. The number of halogens is 1. The summed E-state index contributed by atoms with van der Waals surface area (Å²) in [5.41, 5.74) is 0. The van der Waals surface area contributed by atoms with Gasteiger partial charge in [0.2, 0.25) is 0 Å². The molecule has 23 heavy (non-hydrogen) atoms. The Morgan fingerprint density at radius 2 is 2.22 bits per heavy atom. The van der Waals surface area contributed by atoms with E-state index in [2.05, 4.69) is 25.4 Å². The first-order chi connectivity index (χ1) is 10.7. The van der Waals surface area contributed by atoms with Crippen molar-refractivity contribution in [1.29, 1.82) is 0 Å². The normalized spacial score (nSPS) is 24.8. The van der Waals surface area contributed by atoms with Gasteiger partial charge in [-0.05, 0) is 26.2 Å². The number of fused-ring (bicyclic) bond motifs is 1. The number of guanidine groups is 1. The maximum atomic E-state index is 5.88. The van der Waals surface area contributed by atoms with Crippen LogP contribution < -0.4 is 5.32 Å². The van der Waals surface area contributed by atoms with E-state index in [0.717, 1.165) is 43.7 Å². The second-order valence-electron chi connectivity index (χ2n) is 6.17. The first kappa shape index (κ1) is 18.4. The minimum Gasteiger partial charge on any atom is -0.378 e. The van der Waals surface area contributed by atoms with Gasteiger partial charge in [0.05, 0.1) is 12.6 Å². The first-order valence-corrected chi connectivity index (χ1v) is 8.11. The summed E-state index contributed by atoms with van der Waals surface area (Å²) >= 11 is 0. The third kappa shape index (κ3) is 4.14. The summed E-state index contributed by atoms with van der Waals surface area (Å²) in [6.45, 7) is 5.56. The Hall–Kier alpha value is -0.900. The summed E-state index contributed by atoms with van der Waals surface area (Å²) in [7, 11) is 3.83. The second kappa shape index (κ2) is 8.27. The Balaban J connectivity index is 0.00000192. The van der Waals surface area contributed by atoms with Gasteiger partial charge in [-0.3, -0.25) is 4.99 Å². The summed E-state index contributed by atoms with van der Waals surface area (Å²) < 4.78 is 7.88. The second-order valence-corrected chi connectivity index (χ2v) is 6.17. The Labute approximate surface area is 154 Å². The number of aryl methyl sites for hydroxylation is 1. The van der Waals surface area contributed by atoms with Crippen LogP contribution in [0.5, 0.6) is 0 Å². The van der Waals surface area contributed by atoms with Crippen LogP contribution in [0.2, 0.25) is 0 Å². The van der Waals surface area contributed by atoms with E-state index in [0.29, 0.717) is 18.6 Å². The number of piperidine rings is 1. The number of ether oxygens (including phenoxy) is 1. The zero-order valence-electron chi connectivity index (χ0n) is 14.2. The molecule has 1 N–H and O–H groups in total. The highest BCUT2D eigenvalue weighted by molar-refractivity contribution is 14.0. The summed E-state index contributed by atoms with van der Waals surface area (Å²) in [6, 6.07) is 0. The number of nitrogens with zero attached hydrogens (tertiary/aromatic N) is 5. The van der Waals surface area contributed by atoms with Gasteiger partial charge in [0.15, 0.2) is 11.8 Å². The van der Waals surface area contributed by atoms with Crippen LogP contribution in [-0.4, -0.2) is 58.5 Å². The molecular formula is C15H27IN6O. The fourth-order valence-corrected chi connectivity index (χ4v) is 3.38. The summed E-state index contributed by atoms with van der Waals surface area (Å²) in [6.07, 6.45) is 3.98. The number of hydrogen-bond acceptors (Lipinski definition) is 4. The molecule has 3 rings (SSSR count). The van der Waals surface area contributed by atoms with Crippen molar-refractivity contribution in [2.45, 2.75) is 38.8 Å². The number of rotatable bonds is 2. The minimum absolute atomic E-state index is 0. The lowest BCUT2D eigenvalue weighted by atomic mass is 9.88. The average Bonchev–Trinajstić information content (AvgIpc) is 2.87. The Bertz CT molecular complexity index is 546. The van der Waals surface area contributed by atoms with Crippen molar-refractivity contribution in [3.8, 4) is 0 Å². The zero-order valence-corrected chi connectivity index (χ0v) is 16.5. The van der Waals surface area contributed by atoms with Gasteiger partial charge in [-0.2, -0.15) is 0 Å². The van der Waals surface area contributed by atoms with Crippen molar-refractivity contribution in [3.05, 3.63) is 11.6 Å². The van der Waals surface area contributed by atoms with Crippen LogP contribution in [0.4, 0.5) is 0 Å². The maximum absolute atomic E-state index is 5.88. The predicted octanol–water partition coefficient (Wildman–Crippen LogP) is 1.32. The third-order valence-electron chi connectivity index (χ3n) is 4.81. The molecule has 0 aliphatic carbocycles. The molecule has 0 saturated carbocycles. The SMILES string of the molecule is CN=C(NCc1nnc(C)n1C)N1CCC2OCCCC2C1.I. The zero-order chi connectivity index (χ0) is 15.5. The van der Waals surface area contributed by atoms with Crippen molar-refractivity contribution in [2.75, 3.05) is 26.7 Å². The lowest BCUT2D eigenvalue weighted by Crippen LogP contribution is -2.52. The van der Waals surface area contributed by atoms with E-state index in [1.165, 1.54) is 12.8 Å². The molecule has 2 fully saturated rings. The van der Waals surface area contributed by atoms with E-state index in [9.17, 15) is 0 Å². The molecule has 2 aliphatic rings. The number of aliphatic imine (C=N–C) groups is 1. The molecule has 2 unspecified atom stereocenters. The quantitative estimate of drug-likeness (QED) is 0.432. The Kier molecular flexibility index (Phi) is 6.63. The van der Waals surface area contributed by atoms with Gasteiger partial charge < -0.3 is 19.5 Å². The predicted molar refractivity (Wildman–Crippen MR) is 100 cm³/mol. The van der Waals surface area contributed by atoms with Crippen molar-refractivity contribution in [2.24, 2.45) is 18.0 Å². The van der Waals surface area contributed by atoms with Crippen LogP contribution >= 0.6 is 24.0 Å². The van der Waals surface area contributed by atoms with E-state index in [4.69, 9.17) is 4.74 Å². The summed E-state index contributed by atoms with van der Waals surface area (Å²) in [5.74, 6) is 3.43. The molecule has 3 heterocycles. The van der Waals surface area contributed by atoms with E-state index in [1.54, 1.807) is 0 Å². The molecule has 2 saturated heterocycles. The van der Waals surface area contributed by atoms with E-state index in [1.807, 2.05) is 25.6 Å². The molecule has 2 atom stereocenters. The van der Waals surface area contributed by atoms with E-state index in [-0.39, 0.29) is 24.0 Å². The van der Waals surface area contributed by atoms with E-state index < -0.39 is 0 Å². The van der Waals surface area contributed by atoms with Crippen LogP contribution in [0.3, 0.4) is 0 Å². The fraction of sp³-hybridized carbons (Fsp3) is 0.800. The topological polar surface area (TPSA) is 67.6 Å². The fourth-order valence-electron chi connectivity index (χ4n) is 3.38. The molecular weight excluding hydrogens is 407 g/mol. The summed E-state index contributed by atoms with van der Waals surface area (Å²) in [4.78, 5) is 6.78. The van der Waals surface area contributed by atoms with Crippen LogP contribution in [-0.2, 0) is 18.3 Å². The maximum Gasteiger partial charge on any atom is 0.194 e. The van der Waals surface area contributed by atoms with Crippen LogP contribution in [0.1, 0.15) is 30.9 Å². The monoisotopic (exact) mass is 434 g/mol. The molecule has 0 radical (unpaired) electrons. The first-order valence-electron chi connectivity index (χ1n) is 8.11. The molecule has 2 aliphatic heterocycles. The average molecular weight is 434 g/mol. The van der Waals surface area contributed by atoms with Gasteiger partial charge in [0.1, 0.15) is 5.82 Å². The highest BCUT2D eigenvalue weighted by Gasteiger charge is 2.33. The molecule has 1 aromatic heterocycles. The van der Waals surface area contributed by atoms with Crippen molar-refractivity contribution in [1.82, 2.24) is 25.0 Å². The molecule has 0 spiro atoms. The standard InChI is InChI=1S/C15H26N6O.HI/c1-11-18-19-14(20(11)3)9-17-15(16-2)21-7-6-13-12(10-21)5-4-8-22-13;/h12-13H,4-10H2,1-3H3,(H,16,17);1H. The minimum atomic E-state index is 0.